The van der Waals surface area contributed by atoms with Crippen LogP contribution in [0.5, 0.6) is 0 Å². The molecule has 3 nitrogen and oxygen atoms in total. The summed E-state index contributed by atoms with van der Waals surface area (Å²) in [6, 6.07) is 4.92. The van der Waals surface area contributed by atoms with Gasteiger partial charge in [-0.15, -0.1) is 0 Å². The van der Waals surface area contributed by atoms with Gasteiger partial charge in [0.15, 0.2) is 0 Å². The van der Waals surface area contributed by atoms with E-state index >= 15 is 0 Å². The number of hydrogen-bond donors (Lipinski definition) is 0. The summed E-state index contributed by atoms with van der Waals surface area (Å²) in [7, 11) is 3.83. The van der Waals surface area contributed by atoms with Gasteiger partial charge in [-0.05, 0) is 40.3 Å². The van der Waals surface area contributed by atoms with E-state index < -0.39 is 5.97 Å². The topological polar surface area (TPSA) is 43.4 Å². The molecule has 0 fully saturated rings. The van der Waals surface area contributed by atoms with Crippen molar-refractivity contribution in [2.45, 2.75) is 0 Å². The fourth-order valence-electron chi connectivity index (χ4n) is 0.997. The fraction of sp³-hybridized carbons (Fsp3) is 0.222. The molecule has 0 aliphatic heterocycles. The zero-order valence-electron chi connectivity index (χ0n) is 7.37. The van der Waals surface area contributed by atoms with Gasteiger partial charge in [0.2, 0.25) is 0 Å². The second-order valence-corrected chi connectivity index (χ2v) is 4.01. The van der Waals surface area contributed by atoms with Crippen LogP contribution in [0.1, 0.15) is 10.4 Å². The van der Waals surface area contributed by atoms with Gasteiger partial charge in [-0.3, -0.25) is 0 Å². The van der Waals surface area contributed by atoms with Crippen molar-refractivity contribution in [3.8, 4) is 0 Å². The first kappa shape index (κ1) is 10.3. The predicted octanol–water partition coefficient (Wildman–Crippen LogP) is 0.721. The van der Waals surface area contributed by atoms with Crippen molar-refractivity contribution in [1.82, 2.24) is 0 Å². The molecular formula is C9H9INO2-. The summed E-state index contributed by atoms with van der Waals surface area (Å²) in [5, 5.41) is 10.5. The van der Waals surface area contributed by atoms with Gasteiger partial charge in [-0.25, -0.2) is 0 Å². The predicted molar refractivity (Wildman–Crippen MR) is 57.8 cm³/mol. The number of hydrogen-bond acceptors (Lipinski definition) is 3. The van der Waals surface area contributed by atoms with Crippen molar-refractivity contribution in [2.75, 3.05) is 19.0 Å². The standard InChI is InChI=1S/C9H10INO2/c1-11(2)8-4-3-6(9(12)13)5-7(8)10/h3-5H,1-2H3,(H,12,13)/p-1. The molecule has 0 atom stereocenters. The van der Waals surface area contributed by atoms with Crippen LogP contribution in [0, 0.1) is 3.57 Å². The first-order chi connectivity index (χ1) is 6.02. The van der Waals surface area contributed by atoms with E-state index in [1.807, 2.05) is 19.0 Å². The molecule has 0 N–H and O–H groups in total. The van der Waals surface area contributed by atoms with Gasteiger partial charge in [0.25, 0.3) is 0 Å². The Morgan fingerprint density at radius 1 is 1.46 bits per heavy atom. The number of aromatic carboxylic acids is 1. The smallest absolute Gasteiger partial charge is 0.0715 e. The minimum absolute atomic E-state index is 0.218. The summed E-state index contributed by atoms with van der Waals surface area (Å²) in [6.07, 6.45) is 0. The number of rotatable bonds is 2. The van der Waals surface area contributed by atoms with E-state index in [0.717, 1.165) is 9.26 Å². The summed E-state index contributed by atoms with van der Waals surface area (Å²) in [5.74, 6) is -1.14. The van der Waals surface area contributed by atoms with E-state index in [1.54, 1.807) is 18.2 Å². The molecule has 0 saturated heterocycles. The maximum Gasteiger partial charge on any atom is 0.0715 e. The van der Waals surface area contributed by atoms with Crippen LogP contribution in [-0.2, 0) is 0 Å². The number of benzene rings is 1. The Morgan fingerprint density at radius 3 is 2.46 bits per heavy atom. The van der Waals surface area contributed by atoms with Gasteiger partial charge in [-0.1, -0.05) is 6.07 Å². The Kier molecular flexibility index (Phi) is 3.13. The second kappa shape index (κ2) is 3.95. The van der Waals surface area contributed by atoms with Crippen molar-refractivity contribution in [2.24, 2.45) is 0 Å². The van der Waals surface area contributed by atoms with Crippen LogP contribution in [0.15, 0.2) is 18.2 Å². The van der Waals surface area contributed by atoms with E-state index in [0.29, 0.717) is 0 Å². The molecule has 0 amide bonds. The Balaban J connectivity index is 3.13. The number of anilines is 1. The van der Waals surface area contributed by atoms with Crippen molar-refractivity contribution in [3.63, 3.8) is 0 Å². The molecule has 13 heavy (non-hydrogen) atoms. The molecule has 0 radical (unpaired) electrons. The van der Waals surface area contributed by atoms with Gasteiger partial charge in [0.1, 0.15) is 0 Å². The van der Waals surface area contributed by atoms with Crippen LogP contribution in [0.4, 0.5) is 5.69 Å². The zero-order valence-corrected chi connectivity index (χ0v) is 9.53. The van der Waals surface area contributed by atoms with Crippen LogP contribution >= 0.6 is 22.6 Å². The second-order valence-electron chi connectivity index (χ2n) is 2.85. The highest BCUT2D eigenvalue weighted by Crippen LogP contribution is 2.21. The lowest BCUT2D eigenvalue weighted by molar-refractivity contribution is -0.255. The van der Waals surface area contributed by atoms with Crippen molar-refractivity contribution in [1.29, 1.82) is 0 Å². The maximum atomic E-state index is 10.5. The highest BCUT2D eigenvalue weighted by Gasteiger charge is 2.02. The van der Waals surface area contributed by atoms with Crippen LogP contribution < -0.4 is 10.0 Å². The molecule has 0 saturated carbocycles. The summed E-state index contributed by atoms with van der Waals surface area (Å²) in [6.45, 7) is 0. The fourth-order valence-corrected chi connectivity index (χ4v) is 1.99. The molecule has 0 heterocycles. The molecule has 4 heteroatoms. The maximum absolute atomic E-state index is 10.5. The Labute approximate surface area is 90.5 Å². The Morgan fingerprint density at radius 2 is 2.08 bits per heavy atom. The van der Waals surface area contributed by atoms with E-state index in [1.165, 1.54) is 0 Å². The molecule has 0 bridgehead atoms. The highest BCUT2D eigenvalue weighted by molar-refractivity contribution is 14.1. The lowest BCUT2D eigenvalue weighted by Gasteiger charge is -2.15. The average Bonchev–Trinajstić information content (AvgIpc) is 2.03. The molecule has 70 valence electrons. The average molecular weight is 290 g/mol. The van der Waals surface area contributed by atoms with Crippen LogP contribution in [0.3, 0.4) is 0 Å². The molecule has 0 unspecified atom stereocenters. The molecule has 0 spiro atoms. The Hall–Kier alpha value is -0.780. The number of carbonyl (C=O) groups excluding carboxylic acids is 1. The summed E-state index contributed by atoms with van der Waals surface area (Å²) in [4.78, 5) is 12.4. The highest BCUT2D eigenvalue weighted by atomic mass is 127. The van der Waals surface area contributed by atoms with Gasteiger partial charge in [0, 0.05) is 23.4 Å². The Bertz CT molecular complexity index is 336. The van der Waals surface area contributed by atoms with E-state index in [-0.39, 0.29) is 5.56 Å². The number of halogens is 1. The van der Waals surface area contributed by atoms with Crippen LogP contribution in [-0.4, -0.2) is 20.1 Å². The summed E-state index contributed by atoms with van der Waals surface area (Å²) < 4.78 is 0.907. The first-order valence-corrected chi connectivity index (χ1v) is 4.78. The van der Waals surface area contributed by atoms with Crippen LogP contribution in [0.25, 0.3) is 0 Å². The third-order valence-corrected chi connectivity index (χ3v) is 2.53. The molecule has 0 aliphatic carbocycles. The lowest BCUT2D eigenvalue weighted by atomic mass is 10.2. The number of carboxylic acids is 1. The minimum Gasteiger partial charge on any atom is -0.545 e. The number of carboxylic acid groups (broad SMARTS) is 1. The third kappa shape index (κ3) is 2.33. The largest absolute Gasteiger partial charge is 0.545 e. The van der Waals surface area contributed by atoms with Gasteiger partial charge >= 0.3 is 0 Å². The van der Waals surface area contributed by atoms with Crippen molar-refractivity contribution >= 4 is 34.2 Å². The summed E-state index contributed by atoms with van der Waals surface area (Å²) in [5.41, 5.74) is 1.22. The molecule has 1 rings (SSSR count). The molecule has 1 aromatic rings. The summed E-state index contributed by atoms with van der Waals surface area (Å²) >= 11 is 2.10. The van der Waals surface area contributed by atoms with Crippen molar-refractivity contribution < 1.29 is 9.90 Å². The number of nitrogens with zero attached hydrogens (tertiary/aromatic N) is 1. The van der Waals surface area contributed by atoms with Crippen molar-refractivity contribution in [3.05, 3.63) is 27.3 Å². The molecule has 0 aromatic heterocycles. The quantitative estimate of drug-likeness (QED) is 0.754. The SMILES string of the molecule is CN(C)c1ccc(C(=O)[O-])cc1I. The normalized spacial score (nSPS) is 9.77. The third-order valence-electron chi connectivity index (χ3n) is 1.67. The van der Waals surface area contributed by atoms with Gasteiger partial charge in [-0.2, -0.15) is 0 Å². The molecular weight excluding hydrogens is 281 g/mol. The minimum atomic E-state index is -1.14. The lowest BCUT2D eigenvalue weighted by Crippen LogP contribution is -2.22. The van der Waals surface area contributed by atoms with E-state index in [2.05, 4.69) is 22.6 Å². The van der Waals surface area contributed by atoms with Gasteiger partial charge < -0.3 is 14.8 Å². The number of carbonyl (C=O) groups is 1. The molecule has 1 aromatic carbocycles. The van der Waals surface area contributed by atoms with Crippen LogP contribution in [0.2, 0.25) is 0 Å². The van der Waals surface area contributed by atoms with E-state index in [4.69, 9.17) is 0 Å². The molecule has 0 aliphatic rings. The van der Waals surface area contributed by atoms with E-state index in [9.17, 15) is 9.90 Å². The zero-order chi connectivity index (χ0) is 10.0. The monoisotopic (exact) mass is 290 g/mol. The first-order valence-electron chi connectivity index (χ1n) is 3.70. The van der Waals surface area contributed by atoms with Gasteiger partial charge in [0.05, 0.1) is 5.97 Å².